The molecule has 0 aliphatic heterocycles. The van der Waals surface area contributed by atoms with Gasteiger partial charge in [0.1, 0.15) is 11.4 Å². The van der Waals surface area contributed by atoms with E-state index < -0.39 is 4.92 Å². The molecule has 0 fully saturated rings. The van der Waals surface area contributed by atoms with Crippen LogP contribution in [-0.4, -0.2) is 10.0 Å². The maximum Gasteiger partial charge on any atom is 0.296 e. The minimum atomic E-state index is -0.545. The molecule has 0 saturated heterocycles. The highest BCUT2D eigenvalue weighted by atomic mass is 16.6. The average Bonchev–Trinajstić information content (AvgIpc) is 2.38. The second-order valence-corrected chi connectivity index (χ2v) is 4.01. The fraction of sp³-hybridized carbons (Fsp3) is 0.0769. The molecule has 98 valence electrons. The zero-order valence-electron chi connectivity index (χ0n) is 10.0. The highest BCUT2D eigenvalue weighted by molar-refractivity contribution is 5.64. The third-order valence-electron chi connectivity index (χ3n) is 2.70. The fourth-order valence-electron chi connectivity index (χ4n) is 1.71. The lowest BCUT2D eigenvalue weighted by atomic mass is 10.1. The number of nitrogens with two attached hydrogens (primary N) is 1. The van der Waals surface area contributed by atoms with Crippen molar-refractivity contribution < 1.29 is 10.0 Å². The molecule has 2 aromatic carbocycles. The summed E-state index contributed by atoms with van der Waals surface area (Å²) in [4.78, 5) is 10.3. The summed E-state index contributed by atoms with van der Waals surface area (Å²) >= 11 is 0. The third-order valence-corrected chi connectivity index (χ3v) is 2.70. The maximum absolute atomic E-state index is 10.9. The van der Waals surface area contributed by atoms with Crippen LogP contribution >= 0.6 is 0 Å². The molecule has 0 aliphatic carbocycles. The van der Waals surface area contributed by atoms with Crippen LogP contribution in [0.5, 0.6) is 5.75 Å². The summed E-state index contributed by atoms with van der Waals surface area (Å²) < 4.78 is 0. The van der Waals surface area contributed by atoms with Gasteiger partial charge in [0.05, 0.1) is 11.0 Å². The fourth-order valence-corrected chi connectivity index (χ4v) is 1.71. The predicted molar refractivity (Wildman–Crippen MR) is 72.9 cm³/mol. The van der Waals surface area contributed by atoms with Crippen LogP contribution in [0.1, 0.15) is 5.56 Å². The van der Waals surface area contributed by atoms with Gasteiger partial charge in [-0.2, -0.15) is 0 Å². The second kappa shape index (κ2) is 5.26. The van der Waals surface area contributed by atoms with Crippen LogP contribution in [-0.2, 0) is 6.54 Å². The van der Waals surface area contributed by atoms with Gasteiger partial charge >= 0.3 is 0 Å². The number of nitrogens with one attached hydrogen (secondary N) is 1. The monoisotopic (exact) mass is 259 g/mol. The first-order chi connectivity index (χ1) is 9.08. The molecular formula is C13H13N3O3. The summed E-state index contributed by atoms with van der Waals surface area (Å²) in [6.45, 7) is 0.373. The Hall–Kier alpha value is -2.76. The van der Waals surface area contributed by atoms with E-state index in [0.717, 1.165) is 11.6 Å². The first-order valence-electron chi connectivity index (χ1n) is 5.62. The van der Waals surface area contributed by atoms with Crippen molar-refractivity contribution >= 4 is 17.1 Å². The summed E-state index contributed by atoms with van der Waals surface area (Å²) in [6.07, 6.45) is 0. The van der Waals surface area contributed by atoms with E-state index in [9.17, 15) is 15.2 Å². The van der Waals surface area contributed by atoms with Gasteiger partial charge in [-0.3, -0.25) is 10.1 Å². The molecule has 0 spiro atoms. The summed E-state index contributed by atoms with van der Waals surface area (Å²) in [6, 6.07) is 11.2. The van der Waals surface area contributed by atoms with Crippen molar-refractivity contribution in [2.75, 3.05) is 11.1 Å². The molecule has 0 aromatic heterocycles. The van der Waals surface area contributed by atoms with Crippen molar-refractivity contribution in [1.29, 1.82) is 0 Å². The average molecular weight is 259 g/mol. The number of phenols is 1. The largest absolute Gasteiger partial charge is 0.508 e. The van der Waals surface area contributed by atoms with E-state index in [1.54, 1.807) is 6.07 Å². The van der Waals surface area contributed by atoms with Crippen molar-refractivity contribution in [3.63, 3.8) is 0 Å². The summed E-state index contributed by atoms with van der Waals surface area (Å²) in [7, 11) is 0. The zero-order valence-corrected chi connectivity index (χ0v) is 10.0. The molecule has 6 nitrogen and oxygen atoms in total. The topological polar surface area (TPSA) is 101 Å². The molecule has 0 radical (unpaired) electrons. The van der Waals surface area contributed by atoms with Crippen molar-refractivity contribution in [1.82, 2.24) is 0 Å². The minimum absolute atomic E-state index is 0.142. The van der Waals surface area contributed by atoms with E-state index in [1.807, 2.05) is 18.2 Å². The van der Waals surface area contributed by atoms with Gasteiger partial charge < -0.3 is 16.2 Å². The number of para-hydroxylation sites is 1. The van der Waals surface area contributed by atoms with Crippen molar-refractivity contribution in [2.24, 2.45) is 0 Å². The van der Waals surface area contributed by atoms with Crippen LogP contribution in [0.2, 0.25) is 0 Å². The quantitative estimate of drug-likeness (QED) is 0.339. The molecule has 0 atom stereocenters. The highest BCUT2D eigenvalue weighted by Gasteiger charge is 2.14. The number of nitro benzene ring substituents is 1. The number of phenolic OH excluding ortho intramolecular Hbond substituents is 1. The first kappa shape index (κ1) is 12.7. The number of rotatable bonds is 4. The number of nitrogen functional groups attached to an aromatic ring is 1. The number of anilines is 2. The van der Waals surface area contributed by atoms with Gasteiger partial charge in [-0.1, -0.05) is 18.2 Å². The number of nitro groups is 1. The smallest absolute Gasteiger partial charge is 0.296 e. The molecule has 0 bridgehead atoms. The summed E-state index contributed by atoms with van der Waals surface area (Å²) in [5.74, 6) is -0.142. The molecule has 0 heterocycles. The van der Waals surface area contributed by atoms with Gasteiger partial charge in [-0.15, -0.1) is 0 Å². The van der Waals surface area contributed by atoms with E-state index in [4.69, 9.17) is 5.73 Å². The van der Waals surface area contributed by atoms with E-state index in [0.29, 0.717) is 17.9 Å². The van der Waals surface area contributed by atoms with Crippen LogP contribution in [0.3, 0.4) is 0 Å². The molecule has 6 heteroatoms. The van der Waals surface area contributed by atoms with Crippen molar-refractivity contribution in [2.45, 2.75) is 6.54 Å². The number of aromatic hydroxyl groups is 1. The third kappa shape index (κ3) is 2.92. The molecule has 2 aromatic rings. The van der Waals surface area contributed by atoms with Gasteiger partial charge in [-0.05, 0) is 23.8 Å². The van der Waals surface area contributed by atoms with E-state index >= 15 is 0 Å². The second-order valence-electron chi connectivity index (χ2n) is 4.01. The van der Waals surface area contributed by atoms with E-state index in [2.05, 4.69) is 5.32 Å². The van der Waals surface area contributed by atoms with E-state index in [1.165, 1.54) is 12.1 Å². The van der Waals surface area contributed by atoms with Gasteiger partial charge in [0, 0.05) is 12.2 Å². The van der Waals surface area contributed by atoms with E-state index in [-0.39, 0.29) is 11.4 Å². The van der Waals surface area contributed by atoms with Gasteiger partial charge in [0.2, 0.25) is 0 Å². The zero-order chi connectivity index (χ0) is 13.8. The van der Waals surface area contributed by atoms with Crippen molar-refractivity contribution in [3.05, 3.63) is 58.1 Å². The molecule has 0 aliphatic rings. The highest BCUT2D eigenvalue weighted by Crippen LogP contribution is 2.29. The minimum Gasteiger partial charge on any atom is -0.508 e. The van der Waals surface area contributed by atoms with Gasteiger partial charge in [0.25, 0.3) is 5.69 Å². The van der Waals surface area contributed by atoms with Crippen LogP contribution in [0.15, 0.2) is 42.5 Å². The Kier molecular flexibility index (Phi) is 3.51. The first-order valence-corrected chi connectivity index (χ1v) is 5.62. The number of nitrogens with zero attached hydrogens (tertiary/aromatic N) is 1. The summed E-state index contributed by atoms with van der Waals surface area (Å²) in [5, 5.41) is 23.1. The van der Waals surface area contributed by atoms with Crippen molar-refractivity contribution in [3.8, 4) is 5.75 Å². The van der Waals surface area contributed by atoms with Crippen LogP contribution in [0.25, 0.3) is 0 Å². The molecule has 19 heavy (non-hydrogen) atoms. The van der Waals surface area contributed by atoms with Gasteiger partial charge in [-0.25, -0.2) is 0 Å². The Bertz CT molecular complexity index is 614. The molecule has 0 amide bonds. The van der Waals surface area contributed by atoms with Gasteiger partial charge in [0.15, 0.2) is 0 Å². The number of hydrogen-bond donors (Lipinski definition) is 3. The number of hydrogen-bond acceptors (Lipinski definition) is 5. The van der Waals surface area contributed by atoms with Crippen LogP contribution < -0.4 is 11.1 Å². The SMILES string of the molecule is Nc1ccccc1CNc1ccc(O)cc1[N+](=O)[O-]. The molecular weight excluding hydrogens is 246 g/mol. The molecule has 2 rings (SSSR count). The number of benzene rings is 2. The standard InChI is InChI=1S/C13H13N3O3/c14-11-4-2-1-3-9(11)8-15-12-6-5-10(17)7-13(12)16(18)19/h1-7,15,17H,8,14H2. The Balaban J connectivity index is 2.20. The Morgan fingerprint density at radius 1 is 1.26 bits per heavy atom. The Labute approximate surface area is 109 Å². The lowest BCUT2D eigenvalue weighted by Gasteiger charge is -2.09. The lowest BCUT2D eigenvalue weighted by Crippen LogP contribution is -2.04. The molecule has 0 saturated carbocycles. The summed E-state index contributed by atoms with van der Waals surface area (Å²) in [5.41, 5.74) is 7.43. The van der Waals surface area contributed by atoms with Crippen LogP contribution in [0.4, 0.5) is 17.1 Å². The maximum atomic E-state index is 10.9. The van der Waals surface area contributed by atoms with Crippen LogP contribution in [0, 0.1) is 10.1 Å². The normalized spacial score (nSPS) is 10.1. The molecule has 0 unspecified atom stereocenters. The Morgan fingerprint density at radius 2 is 2.00 bits per heavy atom. The predicted octanol–water partition coefficient (Wildman–Crippen LogP) is 2.49. The lowest BCUT2D eigenvalue weighted by molar-refractivity contribution is -0.384. The Morgan fingerprint density at radius 3 is 2.68 bits per heavy atom. The molecule has 4 N–H and O–H groups in total.